The van der Waals surface area contributed by atoms with Crippen LogP contribution in [0.5, 0.6) is 0 Å². The minimum atomic E-state index is -0.912. The maximum atomic E-state index is 11.4. The second kappa shape index (κ2) is 5.78. The zero-order valence-electron chi connectivity index (χ0n) is 11.6. The molecule has 0 aromatic heterocycles. The van der Waals surface area contributed by atoms with Gasteiger partial charge in [0.25, 0.3) is 0 Å². The van der Waals surface area contributed by atoms with Crippen molar-refractivity contribution in [2.24, 2.45) is 0 Å². The van der Waals surface area contributed by atoms with Crippen LogP contribution in [0.15, 0.2) is 60.7 Å². The third kappa shape index (κ3) is 2.62. The molecule has 0 unspecified atom stereocenters. The van der Waals surface area contributed by atoms with Gasteiger partial charge in [-0.3, -0.25) is 0 Å². The van der Waals surface area contributed by atoms with E-state index in [9.17, 15) is 5.11 Å². The Bertz CT molecular complexity index is 492. The highest BCUT2D eigenvalue weighted by Crippen LogP contribution is 2.35. The number of benzene rings is 2. The van der Waals surface area contributed by atoms with Crippen LogP contribution >= 0.6 is 0 Å². The zero-order valence-corrected chi connectivity index (χ0v) is 11.6. The second-order valence-electron chi connectivity index (χ2n) is 5.59. The van der Waals surface area contributed by atoms with E-state index in [1.807, 2.05) is 60.7 Å². The van der Waals surface area contributed by atoms with Crippen LogP contribution in [-0.4, -0.2) is 17.7 Å². The molecule has 1 aliphatic heterocycles. The van der Waals surface area contributed by atoms with Crippen molar-refractivity contribution in [1.82, 2.24) is 5.32 Å². The molecule has 2 aromatic carbocycles. The van der Waals surface area contributed by atoms with Crippen LogP contribution in [0.1, 0.15) is 30.4 Å². The summed E-state index contributed by atoms with van der Waals surface area (Å²) in [5, 5.41) is 14.9. The van der Waals surface area contributed by atoms with Gasteiger partial charge in [-0.1, -0.05) is 60.7 Å². The van der Waals surface area contributed by atoms with Crippen molar-refractivity contribution in [3.8, 4) is 0 Å². The van der Waals surface area contributed by atoms with Gasteiger partial charge in [-0.05, 0) is 36.9 Å². The van der Waals surface area contributed by atoms with E-state index in [4.69, 9.17) is 0 Å². The number of rotatable bonds is 4. The van der Waals surface area contributed by atoms with Crippen LogP contribution in [0.3, 0.4) is 0 Å². The number of hydrogen-bond acceptors (Lipinski definition) is 2. The predicted octanol–water partition coefficient (Wildman–Crippen LogP) is 3.06. The van der Waals surface area contributed by atoms with Gasteiger partial charge in [0.15, 0.2) is 0 Å². The largest absolute Gasteiger partial charge is 0.380 e. The lowest BCUT2D eigenvalue weighted by atomic mass is 9.81. The molecule has 1 atom stereocenters. The van der Waals surface area contributed by atoms with Crippen LogP contribution < -0.4 is 5.32 Å². The molecule has 1 heterocycles. The minimum absolute atomic E-state index is 0.389. The Hall–Kier alpha value is -1.64. The van der Waals surface area contributed by atoms with Crippen LogP contribution in [0.4, 0.5) is 0 Å². The Labute approximate surface area is 120 Å². The van der Waals surface area contributed by atoms with Gasteiger partial charge < -0.3 is 10.4 Å². The molecule has 0 saturated carbocycles. The Morgan fingerprint density at radius 1 is 0.950 bits per heavy atom. The quantitative estimate of drug-likeness (QED) is 0.892. The Morgan fingerprint density at radius 3 is 1.95 bits per heavy atom. The average Bonchev–Trinajstić information content (AvgIpc) is 3.02. The first kappa shape index (κ1) is 13.3. The standard InChI is InChI=1S/C18H21NO/c20-18(14-17-12-7-13-19-17,15-8-3-1-4-9-15)16-10-5-2-6-11-16/h1-6,8-11,17,19-20H,7,12-14H2/t17-/m1/s1. The Kier molecular flexibility index (Phi) is 3.86. The molecular formula is C18H21NO. The molecule has 0 bridgehead atoms. The molecule has 2 heteroatoms. The van der Waals surface area contributed by atoms with Crippen LogP contribution in [-0.2, 0) is 5.60 Å². The summed E-state index contributed by atoms with van der Waals surface area (Å²) in [7, 11) is 0. The van der Waals surface area contributed by atoms with Gasteiger partial charge in [0, 0.05) is 6.04 Å². The van der Waals surface area contributed by atoms with Gasteiger partial charge in [0.05, 0.1) is 0 Å². The van der Waals surface area contributed by atoms with E-state index >= 15 is 0 Å². The van der Waals surface area contributed by atoms with Gasteiger partial charge in [-0.25, -0.2) is 0 Å². The van der Waals surface area contributed by atoms with E-state index in [1.54, 1.807) is 0 Å². The van der Waals surface area contributed by atoms with Crippen molar-refractivity contribution < 1.29 is 5.11 Å². The Balaban J connectivity index is 1.98. The first-order valence-electron chi connectivity index (χ1n) is 7.36. The lowest BCUT2D eigenvalue weighted by molar-refractivity contribution is 0.0611. The van der Waals surface area contributed by atoms with Crippen molar-refractivity contribution in [3.63, 3.8) is 0 Å². The number of aliphatic hydroxyl groups is 1. The fourth-order valence-corrected chi connectivity index (χ4v) is 3.12. The van der Waals surface area contributed by atoms with Crippen molar-refractivity contribution in [2.75, 3.05) is 6.54 Å². The molecule has 1 aliphatic rings. The van der Waals surface area contributed by atoms with Gasteiger partial charge in [-0.15, -0.1) is 0 Å². The van der Waals surface area contributed by atoms with Gasteiger partial charge in [0.1, 0.15) is 5.60 Å². The van der Waals surface area contributed by atoms with Crippen molar-refractivity contribution in [2.45, 2.75) is 30.9 Å². The summed E-state index contributed by atoms with van der Waals surface area (Å²) < 4.78 is 0. The summed E-state index contributed by atoms with van der Waals surface area (Å²) in [4.78, 5) is 0. The fraction of sp³-hybridized carbons (Fsp3) is 0.333. The molecule has 3 rings (SSSR count). The third-order valence-corrected chi connectivity index (χ3v) is 4.21. The maximum absolute atomic E-state index is 11.4. The molecule has 104 valence electrons. The zero-order chi connectivity index (χ0) is 13.8. The summed E-state index contributed by atoms with van der Waals surface area (Å²) in [5.41, 5.74) is 1.03. The molecule has 0 amide bonds. The van der Waals surface area contributed by atoms with Crippen LogP contribution in [0.25, 0.3) is 0 Å². The highest BCUT2D eigenvalue weighted by atomic mass is 16.3. The molecule has 2 nitrogen and oxygen atoms in total. The van der Waals surface area contributed by atoms with Crippen molar-refractivity contribution in [3.05, 3.63) is 71.8 Å². The highest BCUT2D eigenvalue weighted by Gasteiger charge is 2.34. The smallest absolute Gasteiger partial charge is 0.116 e. The predicted molar refractivity (Wildman–Crippen MR) is 81.5 cm³/mol. The normalized spacial score (nSPS) is 19.1. The lowest BCUT2D eigenvalue weighted by Gasteiger charge is -2.32. The van der Waals surface area contributed by atoms with Gasteiger partial charge in [0.2, 0.25) is 0 Å². The van der Waals surface area contributed by atoms with Crippen molar-refractivity contribution >= 4 is 0 Å². The molecule has 0 radical (unpaired) electrons. The van der Waals surface area contributed by atoms with Gasteiger partial charge >= 0.3 is 0 Å². The SMILES string of the molecule is OC(C[C@H]1CCCN1)(c1ccccc1)c1ccccc1. The molecule has 20 heavy (non-hydrogen) atoms. The molecule has 0 aliphatic carbocycles. The lowest BCUT2D eigenvalue weighted by Crippen LogP contribution is -2.36. The van der Waals surface area contributed by atoms with E-state index in [-0.39, 0.29) is 0 Å². The summed E-state index contributed by atoms with van der Waals surface area (Å²) in [6.45, 7) is 1.06. The van der Waals surface area contributed by atoms with E-state index in [0.29, 0.717) is 6.04 Å². The fourth-order valence-electron chi connectivity index (χ4n) is 3.12. The van der Waals surface area contributed by atoms with E-state index in [0.717, 1.165) is 30.5 Å². The molecule has 1 saturated heterocycles. The van der Waals surface area contributed by atoms with Crippen molar-refractivity contribution in [1.29, 1.82) is 0 Å². The topological polar surface area (TPSA) is 32.3 Å². The highest BCUT2D eigenvalue weighted by molar-refractivity contribution is 5.36. The maximum Gasteiger partial charge on any atom is 0.116 e. The van der Waals surface area contributed by atoms with E-state index in [2.05, 4.69) is 5.32 Å². The summed E-state index contributed by atoms with van der Waals surface area (Å²) in [5.74, 6) is 0. The molecule has 2 aromatic rings. The molecule has 1 fully saturated rings. The third-order valence-electron chi connectivity index (χ3n) is 4.21. The number of hydrogen-bond donors (Lipinski definition) is 2. The monoisotopic (exact) mass is 267 g/mol. The first-order valence-corrected chi connectivity index (χ1v) is 7.36. The number of nitrogens with one attached hydrogen (secondary N) is 1. The van der Waals surface area contributed by atoms with E-state index < -0.39 is 5.60 Å². The van der Waals surface area contributed by atoms with Gasteiger partial charge in [-0.2, -0.15) is 0 Å². The first-order chi connectivity index (χ1) is 9.79. The average molecular weight is 267 g/mol. The molecular weight excluding hydrogens is 246 g/mol. The Morgan fingerprint density at radius 2 is 1.50 bits per heavy atom. The molecule has 2 N–H and O–H groups in total. The van der Waals surface area contributed by atoms with E-state index in [1.165, 1.54) is 6.42 Å². The van der Waals surface area contributed by atoms with Crippen LogP contribution in [0, 0.1) is 0 Å². The second-order valence-corrected chi connectivity index (χ2v) is 5.59. The summed E-state index contributed by atoms with van der Waals surface area (Å²) in [6, 6.07) is 20.4. The van der Waals surface area contributed by atoms with Crippen LogP contribution in [0.2, 0.25) is 0 Å². The summed E-state index contributed by atoms with van der Waals surface area (Å²) in [6.07, 6.45) is 3.06. The molecule has 0 spiro atoms. The summed E-state index contributed by atoms with van der Waals surface area (Å²) >= 11 is 0. The minimum Gasteiger partial charge on any atom is -0.380 e.